The van der Waals surface area contributed by atoms with Gasteiger partial charge in [-0.25, -0.2) is 0 Å². The number of carbonyl (C=O) groups excluding carboxylic acids is 2. The molecular weight excluding hydrogens is 268 g/mol. The Bertz CT molecular complexity index is 354. The molecule has 1 rings (SSSR count). The molecule has 0 saturated heterocycles. The number of hydrogen-bond acceptors (Lipinski definition) is 4. The van der Waals surface area contributed by atoms with E-state index in [0.29, 0.717) is 25.9 Å². The molecule has 21 heavy (non-hydrogen) atoms. The van der Waals surface area contributed by atoms with E-state index in [-0.39, 0.29) is 17.5 Å². The summed E-state index contributed by atoms with van der Waals surface area (Å²) in [7, 11) is 0. The van der Waals surface area contributed by atoms with Crippen molar-refractivity contribution in [1.29, 1.82) is 0 Å². The predicted octanol–water partition coefficient (Wildman–Crippen LogP) is 4.01. The van der Waals surface area contributed by atoms with E-state index in [2.05, 4.69) is 0 Å². The van der Waals surface area contributed by atoms with Crippen LogP contribution in [0.5, 0.6) is 0 Å². The van der Waals surface area contributed by atoms with Gasteiger partial charge >= 0.3 is 11.9 Å². The van der Waals surface area contributed by atoms with Crippen LogP contribution >= 0.6 is 0 Å². The minimum atomic E-state index is -0.421. The van der Waals surface area contributed by atoms with E-state index in [0.717, 1.165) is 32.1 Å². The highest BCUT2D eigenvalue weighted by Gasteiger charge is 2.32. The second-order valence-corrected chi connectivity index (χ2v) is 6.96. The molecule has 0 radical (unpaired) electrons. The molecule has 0 aliphatic heterocycles. The van der Waals surface area contributed by atoms with Crippen molar-refractivity contribution in [3.05, 3.63) is 0 Å². The van der Waals surface area contributed by atoms with Crippen molar-refractivity contribution in [2.45, 2.75) is 84.7 Å². The monoisotopic (exact) mass is 298 g/mol. The fourth-order valence-corrected chi connectivity index (χ4v) is 2.43. The third kappa shape index (κ3) is 6.06. The molecule has 0 N–H and O–H groups in total. The average molecular weight is 298 g/mol. The van der Waals surface area contributed by atoms with Crippen LogP contribution < -0.4 is 0 Å². The van der Waals surface area contributed by atoms with Gasteiger partial charge in [0.1, 0.15) is 5.60 Å². The lowest BCUT2D eigenvalue weighted by atomic mass is 9.91. The SMILES string of the molecule is CCC(C)(C)C(=O)OCCCCC(=O)OC1(C)CCCC1. The number of carbonyl (C=O) groups is 2. The molecule has 0 bridgehead atoms. The molecule has 0 spiro atoms. The van der Waals surface area contributed by atoms with Gasteiger partial charge in [-0.3, -0.25) is 9.59 Å². The summed E-state index contributed by atoms with van der Waals surface area (Å²) >= 11 is 0. The van der Waals surface area contributed by atoms with E-state index in [1.807, 2.05) is 27.7 Å². The molecule has 0 aromatic heterocycles. The largest absolute Gasteiger partial charge is 0.465 e. The topological polar surface area (TPSA) is 52.6 Å². The van der Waals surface area contributed by atoms with E-state index in [9.17, 15) is 9.59 Å². The van der Waals surface area contributed by atoms with Gasteiger partial charge in [0, 0.05) is 6.42 Å². The van der Waals surface area contributed by atoms with E-state index < -0.39 is 5.41 Å². The van der Waals surface area contributed by atoms with Gasteiger partial charge in [0.15, 0.2) is 0 Å². The van der Waals surface area contributed by atoms with Crippen LogP contribution in [0, 0.1) is 5.41 Å². The molecule has 0 aromatic rings. The molecule has 0 heterocycles. The highest BCUT2D eigenvalue weighted by Crippen LogP contribution is 2.32. The molecule has 0 unspecified atom stereocenters. The van der Waals surface area contributed by atoms with Gasteiger partial charge in [0.05, 0.1) is 12.0 Å². The van der Waals surface area contributed by atoms with Crippen molar-refractivity contribution in [1.82, 2.24) is 0 Å². The quantitative estimate of drug-likeness (QED) is 0.502. The van der Waals surface area contributed by atoms with Crippen molar-refractivity contribution in [2.75, 3.05) is 6.61 Å². The molecular formula is C17H30O4. The van der Waals surface area contributed by atoms with Crippen LogP contribution in [0.15, 0.2) is 0 Å². The Morgan fingerprint density at radius 1 is 1.14 bits per heavy atom. The highest BCUT2D eigenvalue weighted by atomic mass is 16.6. The fourth-order valence-electron chi connectivity index (χ4n) is 2.43. The van der Waals surface area contributed by atoms with Crippen molar-refractivity contribution in [3.8, 4) is 0 Å². The summed E-state index contributed by atoms with van der Waals surface area (Å²) in [5.74, 6) is -0.286. The first-order valence-corrected chi connectivity index (χ1v) is 8.18. The van der Waals surface area contributed by atoms with E-state index in [4.69, 9.17) is 9.47 Å². The molecule has 0 atom stereocenters. The van der Waals surface area contributed by atoms with E-state index in [1.165, 1.54) is 0 Å². The van der Waals surface area contributed by atoms with E-state index in [1.54, 1.807) is 0 Å². The third-order valence-corrected chi connectivity index (χ3v) is 4.47. The van der Waals surface area contributed by atoms with Gasteiger partial charge in [0.25, 0.3) is 0 Å². The second-order valence-electron chi connectivity index (χ2n) is 6.96. The van der Waals surface area contributed by atoms with Crippen LogP contribution in [0.4, 0.5) is 0 Å². The molecule has 4 heteroatoms. The van der Waals surface area contributed by atoms with Crippen molar-refractivity contribution < 1.29 is 19.1 Å². The van der Waals surface area contributed by atoms with Crippen molar-refractivity contribution >= 4 is 11.9 Å². The molecule has 0 aromatic carbocycles. The first kappa shape index (κ1) is 18.0. The van der Waals surface area contributed by atoms with Gasteiger partial charge < -0.3 is 9.47 Å². The summed E-state index contributed by atoms with van der Waals surface area (Å²) in [5.41, 5.74) is -0.662. The zero-order valence-electron chi connectivity index (χ0n) is 14.0. The number of ether oxygens (including phenoxy) is 2. The van der Waals surface area contributed by atoms with Gasteiger partial charge in [-0.1, -0.05) is 6.92 Å². The smallest absolute Gasteiger partial charge is 0.311 e. The Hall–Kier alpha value is -1.06. The van der Waals surface area contributed by atoms with Gasteiger partial charge in [-0.05, 0) is 65.7 Å². The third-order valence-electron chi connectivity index (χ3n) is 4.47. The minimum absolute atomic E-state index is 0.125. The van der Waals surface area contributed by atoms with Gasteiger partial charge in [0.2, 0.25) is 0 Å². The standard InChI is InChI=1S/C17H30O4/c1-5-16(2,3)15(19)20-13-9-6-10-14(18)21-17(4)11-7-8-12-17/h5-13H2,1-4H3. The molecule has 122 valence electrons. The molecule has 1 aliphatic carbocycles. The summed E-state index contributed by atoms with van der Waals surface area (Å²) in [6.07, 6.45) is 6.82. The maximum Gasteiger partial charge on any atom is 0.311 e. The number of unbranched alkanes of at least 4 members (excludes halogenated alkanes) is 1. The summed E-state index contributed by atoms with van der Waals surface area (Å²) < 4.78 is 10.8. The Morgan fingerprint density at radius 2 is 1.76 bits per heavy atom. The van der Waals surface area contributed by atoms with Gasteiger partial charge in [-0.2, -0.15) is 0 Å². The van der Waals surface area contributed by atoms with E-state index >= 15 is 0 Å². The summed E-state index contributed by atoms with van der Waals surface area (Å²) in [4.78, 5) is 23.5. The Labute approximate surface area is 128 Å². The highest BCUT2D eigenvalue weighted by molar-refractivity contribution is 5.75. The normalized spacial score (nSPS) is 17.5. The lowest BCUT2D eigenvalue weighted by molar-refractivity contribution is -0.157. The minimum Gasteiger partial charge on any atom is -0.465 e. The molecule has 4 nitrogen and oxygen atoms in total. The number of hydrogen-bond donors (Lipinski definition) is 0. The van der Waals surface area contributed by atoms with Crippen molar-refractivity contribution in [2.24, 2.45) is 5.41 Å². The van der Waals surface area contributed by atoms with Crippen LogP contribution in [0.1, 0.15) is 79.1 Å². The lowest BCUT2D eigenvalue weighted by Crippen LogP contribution is -2.28. The fraction of sp³-hybridized carbons (Fsp3) is 0.882. The molecule has 1 aliphatic rings. The number of rotatable bonds is 8. The maximum absolute atomic E-state index is 11.8. The maximum atomic E-state index is 11.8. The Balaban J connectivity index is 2.11. The van der Waals surface area contributed by atoms with Crippen molar-refractivity contribution in [3.63, 3.8) is 0 Å². The first-order chi connectivity index (χ1) is 9.79. The van der Waals surface area contributed by atoms with Crippen LogP contribution in [-0.2, 0) is 19.1 Å². The summed E-state index contributed by atoms with van der Waals surface area (Å²) in [6.45, 7) is 8.14. The molecule has 1 saturated carbocycles. The lowest BCUT2D eigenvalue weighted by Gasteiger charge is -2.24. The van der Waals surface area contributed by atoms with Crippen LogP contribution in [0.2, 0.25) is 0 Å². The molecule has 1 fully saturated rings. The van der Waals surface area contributed by atoms with Crippen LogP contribution in [0.3, 0.4) is 0 Å². The Morgan fingerprint density at radius 3 is 2.33 bits per heavy atom. The average Bonchev–Trinajstić information content (AvgIpc) is 2.84. The zero-order valence-corrected chi connectivity index (χ0v) is 14.0. The van der Waals surface area contributed by atoms with Crippen LogP contribution in [-0.4, -0.2) is 24.1 Å². The first-order valence-electron chi connectivity index (χ1n) is 8.18. The number of esters is 2. The summed E-state index contributed by atoms with van der Waals surface area (Å²) in [6, 6.07) is 0. The summed E-state index contributed by atoms with van der Waals surface area (Å²) in [5, 5.41) is 0. The zero-order chi connectivity index (χ0) is 15.9. The molecule has 0 amide bonds. The van der Waals surface area contributed by atoms with Gasteiger partial charge in [-0.15, -0.1) is 0 Å². The Kier molecular flexibility index (Phi) is 6.69. The van der Waals surface area contributed by atoms with Crippen LogP contribution in [0.25, 0.3) is 0 Å². The second kappa shape index (κ2) is 7.81. The predicted molar refractivity (Wildman–Crippen MR) is 81.8 cm³/mol.